The molecule has 0 spiro atoms. The Morgan fingerprint density at radius 3 is 1.19 bits per heavy atom. The van der Waals surface area contributed by atoms with Gasteiger partial charge in [-0.15, -0.1) is 0 Å². The van der Waals surface area contributed by atoms with Crippen molar-refractivity contribution in [3.05, 3.63) is 227 Å². The van der Waals surface area contributed by atoms with Crippen LogP contribution >= 0.6 is 0 Å². The van der Waals surface area contributed by atoms with Crippen LogP contribution in [0.5, 0.6) is 0 Å². The molecule has 0 saturated heterocycles. The zero-order valence-corrected chi connectivity index (χ0v) is 37.7. The van der Waals surface area contributed by atoms with Gasteiger partial charge >= 0.3 is 349 Å². The molecule has 8 aromatic carbocycles. The predicted molar refractivity (Wildman–Crippen MR) is 251 cm³/mol. The Bertz CT molecular complexity index is 2710. The molecule has 0 fully saturated rings. The van der Waals surface area contributed by atoms with E-state index in [1.807, 2.05) is 0 Å². The van der Waals surface area contributed by atoms with Gasteiger partial charge in [0.1, 0.15) is 0 Å². The van der Waals surface area contributed by atoms with Crippen LogP contribution in [0, 0.1) is 0 Å². The molecule has 2 atom stereocenters. The Morgan fingerprint density at radius 2 is 0.759 bits per heavy atom. The van der Waals surface area contributed by atoms with Crippen LogP contribution in [0.4, 0.5) is 0 Å². The van der Waals surface area contributed by atoms with Crippen LogP contribution in [0.1, 0.15) is 54.5 Å². The van der Waals surface area contributed by atoms with Crippen molar-refractivity contribution < 1.29 is 17.9 Å². The first-order valence-electron chi connectivity index (χ1n) is 21.2. The van der Waals surface area contributed by atoms with Crippen molar-refractivity contribution in [2.75, 3.05) is 0 Å². The van der Waals surface area contributed by atoms with E-state index < -0.39 is 23.9 Å². The molecule has 0 saturated carbocycles. The fraction of sp³-hybridized carbons (Fsp3) is 0.143. The fourth-order valence-electron chi connectivity index (χ4n) is 12.4. The van der Waals surface area contributed by atoms with Crippen LogP contribution in [0.15, 0.2) is 193 Å². The third-order valence-electron chi connectivity index (χ3n) is 14.6. The van der Waals surface area contributed by atoms with Gasteiger partial charge in [0.05, 0.1) is 0 Å². The average Bonchev–Trinajstić information content (AvgIpc) is 3.80. The molecule has 0 radical (unpaired) electrons. The van der Waals surface area contributed by atoms with Crippen molar-refractivity contribution in [3.63, 3.8) is 0 Å². The van der Waals surface area contributed by atoms with Crippen molar-refractivity contribution in [1.29, 1.82) is 0 Å². The molecule has 2 heteroatoms. The molecule has 0 N–H and O–H groups in total. The Hall–Kier alpha value is -5.14. The molecule has 0 heterocycles. The molecule has 2 aliphatic carbocycles. The molecule has 2 unspecified atom stereocenters. The van der Waals surface area contributed by atoms with Crippen molar-refractivity contribution in [2.24, 2.45) is 0 Å². The zero-order valence-electron chi connectivity index (χ0n) is 34.1. The molecule has 0 amide bonds. The van der Waals surface area contributed by atoms with E-state index in [9.17, 15) is 0 Å². The van der Waals surface area contributed by atoms with E-state index in [0.717, 1.165) is 0 Å². The van der Waals surface area contributed by atoms with Gasteiger partial charge < -0.3 is 0 Å². The third kappa shape index (κ3) is 5.71. The Balaban J connectivity index is 1.29. The molecule has 0 aliphatic heterocycles. The molecule has 10 rings (SSSR count). The second-order valence-electron chi connectivity index (χ2n) is 17.8. The summed E-state index contributed by atoms with van der Waals surface area (Å²) in [6.07, 6.45) is 5.28. The molecule has 2 aliphatic rings. The van der Waals surface area contributed by atoms with E-state index >= 15 is 0 Å². The van der Waals surface area contributed by atoms with Crippen LogP contribution in [-0.4, -0.2) is 5.92 Å². The normalized spacial score (nSPS) is 16.8. The van der Waals surface area contributed by atoms with E-state index in [1.54, 1.807) is 22.3 Å². The summed E-state index contributed by atoms with van der Waals surface area (Å²) in [5.74, 6) is -1.53. The van der Waals surface area contributed by atoms with Gasteiger partial charge in [-0.2, -0.15) is 0 Å². The SMILES string of the molecule is CC1=Cc2c(-c3cccc4ccccc34)cccc2[CH]1[Zr]([CH2]c1ccccc1)([CH2]c1ccccc1)([CH]1C(C)=Cc2c(-c3cccc4ccccc34)cccc21)[SiH](C)C. The monoisotopic (exact) mass is 841 g/mol. The van der Waals surface area contributed by atoms with Crippen molar-refractivity contribution in [2.45, 2.75) is 42.5 Å². The van der Waals surface area contributed by atoms with Crippen LogP contribution < -0.4 is 0 Å². The number of hydrogen-bond donors (Lipinski definition) is 0. The van der Waals surface area contributed by atoms with Gasteiger partial charge in [-0.1, -0.05) is 0 Å². The number of hydrogen-bond acceptors (Lipinski definition) is 0. The predicted octanol–water partition coefficient (Wildman–Crippen LogP) is 15.0. The van der Waals surface area contributed by atoms with Gasteiger partial charge in [0.25, 0.3) is 0 Å². The number of rotatable bonds is 9. The molecule has 0 nitrogen and oxygen atoms in total. The van der Waals surface area contributed by atoms with E-state index in [1.165, 1.54) is 74.3 Å². The molecular weight excluding hydrogens is 792 g/mol. The maximum absolute atomic E-state index is 4.54. The third-order valence-corrected chi connectivity index (χ3v) is 63.1. The molecule has 0 aromatic heterocycles. The summed E-state index contributed by atoms with van der Waals surface area (Å²) in [5.41, 5.74) is 17.6. The minimum absolute atomic E-state index is 0.402. The Labute approximate surface area is 346 Å². The first kappa shape index (κ1) is 37.2. The van der Waals surface area contributed by atoms with Crippen molar-refractivity contribution in [3.8, 4) is 22.3 Å². The number of benzene rings is 8. The van der Waals surface area contributed by atoms with Crippen LogP contribution in [0.2, 0.25) is 13.1 Å². The summed E-state index contributed by atoms with van der Waals surface area (Å²) in [5, 5.41) is 5.25. The van der Waals surface area contributed by atoms with E-state index in [0.29, 0.717) is 7.25 Å². The zero-order chi connectivity index (χ0) is 39.5. The number of allylic oxidation sites excluding steroid dienone is 2. The van der Waals surface area contributed by atoms with Crippen LogP contribution in [0.3, 0.4) is 0 Å². The van der Waals surface area contributed by atoms with Gasteiger partial charge in [-0.3, -0.25) is 0 Å². The van der Waals surface area contributed by atoms with E-state index in [4.69, 9.17) is 0 Å². The van der Waals surface area contributed by atoms with Gasteiger partial charge in [-0.05, 0) is 0 Å². The van der Waals surface area contributed by atoms with Gasteiger partial charge in [-0.25, -0.2) is 0 Å². The van der Waals surface area contributed by atoms with Crippen LogP contribution in [-0.2, 0) is 26.2 Å². The van der Waals surface area contributed by atoms with E-state index in [2.05, 4.69) is 221 Å². The van der Waals surface area contributed by atoms with Gasteiger partial charge in [0.15, 0.2) is 0 Å². The van der Waals surface area contributed by atoms with Crippen molar-refractivity contribution >= 4 is 39.6 Å². The first-order valence-corrected chi connectivity index (χ1v) is 34.7. The molecule has 283 valence electrons. The second kappa shape index (κ2) is 14.6. The summed E-state index contributed by atoms with van der Waals surface area (Å²) < 4.78 is 3.20. The summed E-state index contributed by atoms with van der Waals surface area (Å²) in [6, 6.07) is 69.6. The topological polar surface area (TPSA) is 0 Å². The maximum atomic E-state index is 2.77. The Morgan fingerprint density at radius 1 is 0.397 bits per heavy atom. The molecule has 58 heavy (non-hydrogen) atoms. The number of fused-ring (bicyclic) bond motifs is 4. The fourth-order valence-corrected chi connectivity index (χ4v) is 58.9. The quantitative estimate of drug-likeness (QED) is 0.127. The summed E-state index contributed by atoms with van der Waals surface area (Å²) in [7, 11) is 0. The standard InChI is InChI=1S/2C20H15.2C7H7.C2H7Si.Zr/c2*1-14-12-16-8-5-11-19(20(16)13-14)18-10-4-7-15-6-2-3-9-17(15)18;2*1-7-5-3-2-4-6-7;1-3-2;/h2*2-13H,1H3;2*2-6H,1H2;3H,1-2H3;. The van der Waals surface area contributed by atoms with Gasteiger partial charge in [0.2, 0.25) is 0 Å². The second-order valence-corrected chi connectivity index (χ2v) is 51.7. The van der Waals surface area contributed by atoms with Gasteiger partial charge in [0, 0.05) is 0 Å². The summed E-state index contributed by atoms with van der Waals surface area (Å²) in [4.78, 5) is 0. The molecule has 8 aromatic rings. The first-order chi connectivity index (χ1) is 28.4. The molecular formula is C56H51SiZr. The van der Waals surface area contributed by atoms with Crippen molar-refractivity contribution in [1.82, 2.24) is 0 Å². The summed E-state index contributed by atoms with van der Waals surface area (Å²) in [6.45, 7) is 10.6. The average molecular weight is 843 g/mol. The molecule has 0 bridgehead atoms. The summed E-state index contributed by atoms with van der Waals surface area (Å²) >= 11 is -4.54. The Kier molecular flexibility index (Phi) is 9.35. The van der Waals surface area contributed by atoms with Crippen LogP contribution in [0.25, 0.3) is 56.0 Å². The van der Waals surface area contributed by atoms with E-state index in [-0.39, 0.29) is 0 Å². The minimum atomic E-state index is -4.54.